The van der Waals surface area contributed by atoms with Crippen LogP contribution >= 0.6 is 0 Å². The Hall–Kier alpha value is -0.730. The second-order valence-electron chi connectivity index (χ2n) is 7.02. The van der Waals surface area contributed by atoms with E-state index in [1.807, 2.05) is 13.8 Å². The van der Waals surface area contributed by atoms with E-state index in [1.54, 1.807) is 0 Å². The molecule has 0 aromatic heterocycles. The Morgan fingerprint density at radius 2 is 1.72 bits per heavy atom. The van der Waals surface area contributed by atoms with E-state index in [9.17, 15) is 4.79 Å². The minimum atomic E-state index is -1.37. The highest BCUT2D eigenvalue weighted by Crippen LogP contribution is 2.44. The molecule has 146 valence electrons. The number of carbonyl (C=O) groups excluding carboxylic acids is 1. The topological polar surface area (TPSA) is 72.5 Å². The largest absolute Gasteiger partial charge is 0.467 e. The molecule has 7 heteroatoms. The Kier molecular flexibility index (Phi) is 7.22. The van der Waals surface area contributed by atoms with Gasteiger partial charge in [-0.1, -0.05) is 26.7 Å². The van der Waals surface area contributed by atoms with E-state index in [0.717, 1.165) is 25.7 Å². The van der Waals surface area contributed by atoms with Crippen LogP contribution in [0.25, 0.3) is 0 Å². The van der Waals surface area contributed by atoms with Crippen molar-refractivity contribution in [3.05, 3.63) is 0 Å². The smallest absolute Gasteiger partial charge is 0.343 e. The Morgan fingerprint density at radius 3 is 2.36 bits per heavy atom. The van der Waals surface area contributed by atoms with Crippen molar-refractivity contribution in [1.29, 1.82) is 0 Å². The second kappa shape index (κ2) is 8.77. The monoisotopic (exact) mass is 360 g/mol. The van der Waals surface area contributed by atoms with Crippen LogP contribution in [0.2, 0.25) is 0 Å². The van der Waals surface area contributed by atoms with Crippen LogP contribution in [-0.2, 0) is 33.2 Å². The molecular weight excluding hydrogens is 328 g/mol. The van der Waals surface area contributed by atoms with E-state index in [2.05, 4.69) is 13.8 Å². The lowest BCUT2D eigenvalue weighted by Gasteiger charge is -2.34. The molecule has 2 fully saturated rings. The van der Waals surface area contributed by atoms with Gasteiger partial charge < -0.3 is 28.4 Å². The lowest BCUT2D eigenvalue weighted by Crippen LogP contribution is -2.56. The number of methoxy groups -OCH3 is 1. The van der Waals surface area contributed by atoms with Gasteiger partial charge in [-0.15, -0.1) is 0 Å². The van der Waals surface area contributed by atoms with Crippen molar-refractivity contribution in [3.63, 3.8) is 0 Å². The van der Waals surface area contributed by atoms with E-state index >= 15 is 0 Å². The third kappa shape index (κ3) is 4.52. The molecule has 0 bridgehead atoms. The van der Waals surface area contributed by atoms with E-state index in [0.29, 0.717) is 13.2 Å². The molecule has 4 atom stereocenters. The highest BCUT2D eigenvalue weighted by molar-refractivity contribution is 5.81. The van der Waals surface area contributed by atoms with Gasteiger partial charge in [0.25, 0.3) is 0 Å². The minimum absolute atomic E-state index is 0.0522. The number of rotatable bonds is 10. The van der Waals surface area contributed by atoms with Crippen molar-refractivity contribution in [2.75, 3.05) is 26.9 Å². The number of unbranched alkanes of at least 4 members (excludes halogenated alkanes) is 2. The van der Waals surface area contributed by atoms with Gasteiger partial charge in [0.2, 0.25) is 5.60 Å². The molecule has 0 radical (unpaired) electrons. The molecule has 2 rings (SSSR count). The van der Waals surface area contributed by atoms with Crippen LogP contribution in [0.15, 0.2) is 0 Å². The lowest BCUT2D eigenvalue weighted by molar-refractivity contribution is -0.255. The normalized spacial score (nSPS) is 33.4. The zero-order valence-electron chi connectivity index (χ0n) is 16.0. The van der Waals surface area contributed by atoms with Gasteiger partial charge in [-0.2, -0.15) is 0 Å². The highest BCUT2D eigenvalue weighted by atomic mass is 16.9. The summed E-state index contributed by atoms with van der Waals surface area (Å²) < 4.78 is 34.5. The van der Waals surface area contributed by atoms with Crippen molar-refractivity contribution in [2.24, 2.45) is 0 Å². The summed E-state index contributed by atoms with van der Waals surface area (Å²) >= 11 is 0. The molecular formula is C18H32O7. The van der Waals surface area contributed by atoms with Crippen LogP contribution in [0.3, 0.4) is 0 Å². The van der Waals surface area contributed by atoms with Gasteiger partial charge in [-0.3, -0.25) is 0 Å². The minimum Gasteiger partial charge on any atom is -0.467 e. The van der Waals surface area contributed by atoms with Crippen LogP contribution < -0.4 is 0 Å². The molecule has 0 spiro atoms. The van der Waals surface area contributed by atoms with Crippen molar-refractivity contribution < 1.29 is 33.2 Å². The summed E-state index contributed by atoms with van der Waals surface area (Å²) in [5.41, 5.74) is -1.37. The summed E-state index contributed by atoms with van der Waals surface area (Å²) in [7, 11) is 1.34. The Bertz CT molecular complexity index is 439. The molecule has 2 aliphatic rings. The first kappa shape index (κ1) is 20.6. The maximum Gasteiger partial charge on any atom is 0.343 e. The molecule has 0 aromatic rings. The number of hydrogen-bond acceptors (Lipinski definition) is 7. The Morgan fingerprint density at radius 1 is 1.04 bits per heavy atom. The first-order valence-electron chi connectivity index (χ1n) is 9.21. The zero-order valence-corrected chi connectivity index (χ0v) is 16.0. The Balaban J connectivity index is 2.19. The summed E-state index contributed by atoms with van der Waals surface area (Å²) in [5, 5.41) is 0. The predicted octanol–water partition coefficient (Wildman–Crippen LogP) is 2.41. The van der Waals surface area contributed by atoms with Crippen LogP contribution in [0.1, 0.15) is 53.4 Å². The van der Waals surface area contributed by atoms with Gasteiger partial charge in [-0.25, -0.2) is 4.79 Å². The zero-order chi connectivity index (χ0) is 18.5. The van der Waals surface area contributed by atoms with E-state index in [1.165, 1.54) is 7.11 Å². The van der Waals surface area contributed by atoms with Crippen molar-refractivity contribution in [2.45, 2.75) is 83.3 Å². The molecule has 0 N–H and O–H groups in total. The maximum absolute atomic E-state index is 12.6. The summed E-state index contributed by atoms with van der Waals surface area (Å²) in [5.74, 6) is -1.31. The summed E-state index contributed by atoms with van der Waals surface area (Å²) in [6.45, 7) is 8.89. The van der Waals surface area contributed by atoms with Gasteiger partial charge >= 0.3 is 5.97 Å². The van der Waals surface area contributed by atoms with Crippen LogP contribution in [0, 0.1) is 0 Å². The van der Waals surface area contributed by atoms with Crippen molar-refractivity contribution in [3.8, 4) is 0 Å². The van der Waals surface area contributed by atoms with Crippen molar-refractivity contribution >= 4 is 5.97 Å². The number of ether oxygens (including phenoxy) is 6. The quantitative estimate of drug-likeness (QED) is 0.437. The number of esters is 1. The average molecular weight is 360 g/mol. The van der Waals surface area contributed by atoms with Gasteiger partial charge in [0.15, 0.2) is 12.1 Å². The molecule has 1 unspecified atom stereocenters. The molecule has 2 saturated heterocycles. The molecule has 0 aromatic carbocycles. The van der Waals surface area contributed by atoms with E-state index in [4.69, 9.17) is 28.4 Å². The number of hydrogen-bond donors (Lipinski definition) is 0. The second-order valence-corrected chi connectivity index (χ2v) is 7.02. The molecule has 25 heavy (non-hydrogen) atoms. The molecule has 7 nitrogen and oxygen atoms in total. The standard InChI is InChI=1S/C18H32O7/c1-6-8-10-21-12-18(16(19)20-5)14(22-11-9-7-2)13-15(25-18)24-17(3,4)23-13/h13-15H,6-12H2,1-5H3/t13-,14?,15-,18+/m0/s1. The summed E-state index contributed by atoms with van der Waals surface area (Å²) in [6.07, 6.45) is 1.96. The predicted molar refractivity (Wildman–Crippen MR) is 90.0 cm³/mol. The third-order valence-corrected chi connectivity index (χ3v) is 4.46. The van der Waals surface area contributed by atoms with Crippen LogP contribution in [0.5, 0.6) is 0 Å². The SMILES string of the molecule is CCCCOC[C@@]1(C(=O)OC)O[C@@H]2OC(C)(C)O[C@H]2C1OCCCC. The molecule has 0 saturated carbocycles. The number of fused-ring (bicyclic) bond motifs is 1. The van der Waals surface area contributed by atoms with Crippen LogP contribution in [0.4, 0.5) is 0 Å². The maximum atomic E-state index is 12.6. The summed E-state index contributed by atoms with van der Waals surface area (Å²) in [6, 6.07) is 0. The summed E-state index contributed by atoms with van der Waals surface area (Å²) in [4.78, 5) is 12.6. The lowest BCUT2D eigenvalue weighted by atomic mass is 9.95. The third-order valence-electron chi connectivity index (χ3n) is 4.46. The molecule has 2 aliphatic heterocycles. The molecule has 2 heterocycles. The van der Waals surface area contributed by atoms with Gasteiger partial charge in [0.1, 0.15) is 12.2 Å². The fraction of sp³-hybridized carbons (Fsp3) is 0.944. The van der Waals surface area contributed by atoms with Gasteiger partial charge in [0.05, 0.1) is 13.7 Å². The average Bonchev–Trinajstić information content (AvgIpc) is 3.01. The van der Waals surface area contributed by atoms with Crippen molar-refractivity contribution in [1.82, 2.24) is 0 Å². The number of carbonyl (C=O) groups is 1. The first-order valence-corrected chi connectivity index (χ1v) is 9.21. The fourth-order valence-electron chi connectivity index (χ4n) is 3.16. The molecule has 0 amide bonds. The van der Waals surface area contributed by atoms with E-state index in [-0.39, 0.29) is 6.61 Å². The fourth-order valence-corrected chi connectivity index (χ4v) is 3.16. The van der Waals surface area contributed by atoms with Gasteiger partial charge in [-0.05, 0) is 26.7 Å². The molecule has 0 aliphatic carbocycles. The van der Waals surface area contributed by atoms with Crippen LogP contribution in [-0.4, -0.2) is 62.8 Å². The highest BCUT2D eigenvalue weighted by Gasteiger charge is 2.66. The van der Waals surface area contributed by atoms with E-state index < -0.39 is 35.9 Å². The first-order chi connectivity index (χ1) is 11.9. The Labute approximate surface area is 150 Å². The van der Waals surface area contributed by atoms with Gasteiger partial charge in [0, 0.05) is 13.2 Å².